The first kappa shape index (κ1) is 17.4. The van der Waals surface area contributed by atoms with Gasteiger partial charge in [0.2, 0.25) is 5.91 Å². The molecule has 4 N–H and O–H groups in total. The van der Waals surface area contributed by atoms with Gasteiger partial charge in [-0.1, -0.05) is 27.7 Å². The van der Waals surface area contributed by atoms with Gasteiger partial charge in [0.25, 0.3) is 0 Å². The average molecular weight is 258 g/mol. The molecule has 108 valence electrons. The van der Waals surface area contributed by atoms with Crippen LogP contribution < -0.4 is 11.1 Å². The first-order chi connectivity index (χ1) is 8.40. The lowest BCUT2D eigenvalue weighted by atomic mass is 9.93. The van der Waals surface area contributed by atoms with Crippen molar-refractivity contribution in [2.75, 3.05) is 13.2 Å². The number of nitrogens with one attached hydrogen (secondary N) is 1. The van der Waals surface area contributed by atoms with E-state index >= 15 is 0 Å². The maximum atomic E-state index is 11.9. The first-order valence-electron chi connectivity index (χ1n) is 7.00. The van der Waals surface area contributed by atoms with Crippen molar-refractivity contribution in [2.24, 2.45) is 23.5 Å². The summed E-state index contributed by atoms with van der Waals surface area (Å²) in [6, 6.07) is 0.0555. The highest BCUT2D eigenvalue weighted by Gasteiger charge is 2.18. The van der Waals surface area contributed by atoms with Crippen LogP contribution in [-0.2, 0) is 4.79 Å². The third-order valence-corrected chi connectivity index (χ3v) is 3.20. The van der Waals surface area contributed by atoms with Gasteiger partial charge in [0.05, 0.1) is 0 Å². The Morgan fingerprint density at radius 1 is 1.28 bits per heavy atom. The summed E-state index contributed by atoms with van der Waals surface area (Å²) in [5.74, 6) is 1.21. The van der Waals surface area contributed by atoms with E-state index in [2.05, 4.69) is 33.0 Å². The summed E-state index contributed by atoms with van der Waals surface area (Å²) < 4.78 is 0. The van der Waals surface area contributed by atoms with Gasteiger partial charge in [-0.3, -0.25) is 4.79 Å². The largest absolute Gasteiger partial charge is 0.396 e. The number of aliphatic hydroxyl groups excluding tert-OH is 1. The lowest BCUT2D eigenvalue weighted by molar-refractivity contribution is -0.123. The summed E-state index contributed by atoms with van der Waals surface area (Å²) >= 11 is 0. The van der Waals surface area contributed by atoms with E-state index < -0.39 is 0 Å². The molecule has 0 radical (unpaired) electrons. The van der Waals surface area contributed by atoms with Crippen molar-refractivity contribution in [3.8, 4) is 0 Å². The molecule has 4 heteroatoms. The number of carbonyl (C=O) groups is 1. The average Bonchev–Trinajstić information content (AvgIpc) is 2.26. The molecule has 1 amide bonds. The van der Waals surface area contributed by atoms with Crippen LogP contribution in [0.15, 0.2) is 0 Å². The first-order valence-corrected chi connectivity index (χ1v) is 7.00. The number of hydrogen-bond donors (Lipinski definition) is 3. The quantitative estimate of drug-likeness (QED) is 0.587. The number of amides is 1. The molecule has 0 heterocycles. The molecule has 0 aliphatic heterocycles. The molecule has 0 aromatic carbocycles. The van der Waals surface area contributed by atoms with Crippen molar-refractivity contribution in [2.45, 2.75) is 53.0 Å². The van der Waals surface area contributed by atoms with E-state index in [-0.39, 0.29) is 24.5 Å². The van der Waals surface area contributed by atoms with Crippen molar-refractivity contribution in [1.82, 2.24) is 5.32 Å². The zero-order chi connectivity index (χ0) is 14.1. The topological polar surface area (TPSA) is 75.4 Å². The van der Waals surface area contributed by atoms with E-state index in [4.69, 9.17) is 10.8 Å². The fourth-order valence-corrected chi connectivity index (χ4v) is 2.17. The molecule has 0 aliphatic carbocycles. The maximum absolute atomic E-state index is 11.9. The minimum atomic E-state index is 0.0539. The second kappa shape index (κ2) is 9.34. The highest BCUT2D eigenvalue weighted by Crippen LogP contribution is 2.15. The van der Waals surface area contributed by atoms with Crippen molar-refractivity contribution in [3.63, 3.8) is 0 Å². The highest BCUT2D eigenvalue weighted by atomic mass is 16.3. The molecule has 0 aromatic rings. The molecular weight excluding hydrogens is 228 g/mol. The van der Waals surface area contributed by atoms with Crippen molar-refractivity contribution in [3.05, 3.63) is 0 Å². The van der Waals surface area contributed by atoms with Crippen LogP contribution in [0.5, 0.6) is 0 Å². The molecule has 0 bridgehead atoms. The van der Waals surface area contributed by atoms with Crippen LogP contribution in [0.2, 0.25) is 0 Å². The Kier molecular flexibility index (Phi) is 9.02. The van der Waals surface area contributed by atoms with E-state index in [1.807, 2.05) is 0 Å². The van der Waals surface area contributed by atoms with Gasteiger partial charge in [0.15, 0.2) is 0 Å². The summed E-state index contributed by atoms with van der Waals surface area (Å²) in [5.41, 5.74) is 5.70. The predicted molar refractivity (Wildman–Crippen MR) is 75.1 cm³/mol. The Morgan fingerprint density at radius 2 is 1.89 bits per heavy atom. The van der Waals surface area contributed by atoms with E-state index in [0.717, 1.165) is 6.42 Å². The lowest BCUT2D eigenvalue weighted by Crippen LogP contribution is -2.40. The molecular formula is C14H30N2O2. The van der Waals surface area contributed by atoms with Crippen LogP contribution in [0, 0.1) is 17.8 Å². The van der Waals surface area contributed by atoms with E-state index in [1.54, 1.807) is 0 Å². The normalized spacial score (nSPS) is 14.9. The van der Waals surface area contributed by atoms with Crippen LogP contribution in [0.25, 0.3) is 0 Å². The van der Waals surface area contributed by atoms with Crippen LogP contribution in [-0.4, -0.2) is 30.2 Å². The Morgan fingerprint density at radius 3 is 2.28 bits per heavy atom. The third kappa shape index (κ3) is 7.67. The smallest absolute Gasteiger partial charge is 0.220 e. The minimum Gasteiger partial charge on any atom is -0.396 e. The van der Waals surface area contributed by atoms with Crippen LogP contribution in [0.4, 0.5) is 0 Å². The third-order valence-electron chi connectivity index (χ3n) is 3.20. The summed E-state index contributed by atoms with van der Waals surface area (Å²) in [6.45, 7) is 9.05. The standard InChI is InChI=1S/C14H30N2O2/c1-10(2)7-12(9-15)8-14(18)16-13(5-6-17)11(3)4/h10-13,17H,5-9,15H2,1-4H3,(H,16,18). The molecule has 4 nitrogen and oxygen atoms in total. The lowest BCUT2D eigenvalue weighted by Gasteiger charge is -2.23. The van der Waals surface area contributed by atoms with Gasteiger partial charge in [0, 0.05) is 19.1 Å². The molecule has 0 saturated carbocycles. The van der Waals surface area contributed by atoms with E-state index in [1.165, 1.54) is 0 Å². The summed E-state index contributed by atoms with van der Waals surface area (Å²) in [6.07, 6.45) is 2.08. The number of rotatable bonds is 9. The van der Waals surface area contributed by atoms with E-state index in [9.17, 15) is 4.79 Å². The monoisotopic (exact) mass is 258 g/mol. The molecule has 0 rings (SSSR count). The van der Waals surface area contributed by atoms with Gasteiger partial charge in [-0.05, 0) is 37.1 Å². The Balaban J connectivity index is 4.20. The second-order valence-corrected chi connectivity index (χ2v) is 5.87. The number of hydrogen-bond acceptors (Lipinski definition) is 3. The van der Waals surface area contributed by atoms with Crippen molar-refractivity contribution in [1.29, 1.82) is 0 Å². The number of nitrogens with two attached hydrogens (primary N) is 1. The van der Waals surface area contributed by atoms with Crippen LogP contribution in [0.3, 0.4) is 0 Å². The van der Waals surface area contributed by atoms with Crippen molar-refractivity contribution < 1.29 is 9.90 Å². The molecule has 0 spiro atoms. The molecule has 0 aliphatic rings. The SMILES string of the molecule is CC(C)CC(CN)CC(=O)NC(CCO)C(C)C. The van der Waals surface area contributed by atoms with Crippen molar-refractivity contribution >= 4 is 5.91 Å². The zero-order valence-corrected chi connectivity index (χ0v) is 12.3. The zero-order valence-electron chi connectivity index (χ0n) is 12.3. The maximum Gasteiger partial charge on any atom is 0.220 e. The Bertz CT molecular complexity index is 230. The summed E-state index contributed by atoms with van der Waals surface area (Å²) in [5, 5.41) is 12.0. The molecule has 0 fully saturated rings. The highest BCUT2D eigenvalue weighted by molar-refractivity contribution is 5.76. The molecule has 18 heavy (non-hydrogen) atoms. The molecule has 0 saturated heterocycles. The summed E-state index contributed by atoms with van der Waals surface area (Å²) in [7, 11) is 0. The van der Waals surface area contributed by atoms with Gasteiger partial charge in [0.1, 0.15) is 0 Å². The van der Waals surface area contributed by atoms with Crippen LogP contribution in [0.1, 0.15) is 47.0 Å². The van der Waals surface area contributed by atoms with Crippen LogP contribution >= 0.6 is 0 Å². The minimum absolute atomic E-state index is 0.0539. The fraction of sp³-hybridized carbons (Fsp3) is 0.929. The summed E-state index contributed by atoms with van der Waals surface area (Å²) in [4.78, 5) is 11.9. The Hall–Kier alpha value is -0.610. The molecule has 2 atom stereocenters. The predicted octanol–water partition coefficient (Wildman–Crippen LogP) is 1.52. The van der Waals surface area contributed by atoms with Gasteiger partial charge in [-0.2, -0.15) is 0 Å². The fourth-order valence-electron chi connectivity index (χ4n) is 2.17. The molecule has 2 unspecified atom stereocenters. The van der Waals surface area contributed by atoms with Gasteiger partial charge >= 0.3 is 0 Å². The molecule has 0 aromatic heterocycles. The number of aliphatic hydroxyl groups is 1. The van der Waals surface area contributed by atoms with Gasteiger partial charge < -0.3 is 16.2 Å². The second-order valence-electron chi connectivity index (χ2n) is 5.87. The number of carbonyl (C=O) groups excluding carboxylic acids is 1. The Labute approximate surface area is 111 Å². The van der Waals surface area contributed by atoms with Gasteiger partial charge in [-0.15, -0.1) is 0 Å². The van der Waals surface area contributed by atoms with E-state index in [0.29, 0.717) is 31.2 Å². The van der Waals surface area contributed by atoms with Gasteiger partial charge in [-0.25, -0.2) is 0 Å².